The molecular formula is C11H12O3. The van der Waals surface area contributed by atoms with Gasteiger partial charge in [-0.15, -0.1) is 0 Å². The van der Waals surface area contributed by atoms with E-state index in [1.54, 1.807) is 0 Å². The second kappa shape index (κ2) is 3.80. The zero-order valence-electron chi connectivity index (χ0n) is 7.97. The predicted molar refractivity (Wildman–Crippen MR) is 50.8 cm³/mol. The molecule has 0 aliphatic carbocycles. The fraction of sp³-hybridized carbons (Fsp3) is 0.364. The van der Waals surface area contributed by atoms with Crippen molar-refractivity contribution < 1.29 is 14.3 Å². The first-order chi connectivity index (χ1) is 6.81. The Morgan fingerprint density at radius 2 is 2.14 bits per heavy atom. The molecule has 1 saturated heterocycles. The molecule has 1 heterocycles. The van der Waals surface area contributed by atoms with Crippen molar-refractivity contribution in [2.75, 3.05) is 7.11 Å². The molecule has 0 bridgehead atoms. The Labute approximate surface area is 82.6 Å². The van der Waals surface area contributed by atoms with Gasteiger partial charge < -0.3 is 9.47 Å². The number of rotatable bonds is 3. The van der Waals surface area contributed by atoms with E-state index in [1.165, 1.54) is 12.7 Å². The lowest BCUT2D eigenvalue weighted by atomic mass is 10.1. The normalized spacial score (nSPS) is 24.4. The van der Waals surface area contributed by atoms with Gasteiger partial charge in [0.1, 0.15) is 0 Å². The first kappa shape index (κ1) is 9.21. The molecule has 74 valence electrons. The Kier molecular flexibility index (Phi) is 2.50. The van der Waals surface area contributed by atoms with Crippen LogP contribution in [0.4, 0.5) is 0 Å². The Hall–Kier alpha value is -1.35. The maximum atomic E-state index is 11.0. The molecule has 1 aliphatic heterocycles. The summed E-state index contributed by atoms with van der Waals surface area (Å²) in [6.45, 7) is 0. The van der Waals surface area contributed by atoms with E-state index < -0.39 is 0 Å². The molecule has 2 rings (SSSR count). The number of ether oxygens (including phenoxy) is 2. The third-order valence-corrected chi connectivity index (χ3v) is 2.30. The molecule has 0 spiro atoms. The second-order valence-electron chi connectivity index (χ2n) is 3.31. The Balaban J connectivity index is 1.88. The van der Waals surface area contributed by atoms with Gasteiger partial charge >= 0.3 is 5.97 Å². The molecule has 1 aliphatic rings. The molecule has 0 saturated carbocycles. The smallest absolute Gasteiger partial charge is 0.337 e. The third kappa shape index (κ3) is 1.93. The van der Waals surface area contributed by atoms with E-state index in [0.29, 0.717) is 0 Å². The van der Waals surface area contributed by atoms with Crippen molar-refractivity contribution >= 4 is 5.97 Å². The zero-order valence-corrected chi connectivity index (χ0v) is 7.97. The van der Waals surface area contributed by atoms with Crippen LogP contribution in [0.5, 0.6) is 0 Å². The van der Waals surface area contributed by atoms with Crippen LogP contribution < -0.4 is 0 Å². The van der Waals surface area contributed by atoms with Crippen molar-refractivity contribution in [3.63, 3.8) is 0 Å². The van der Waals surface area contributed by atoms with Crippen molar-refractivity contribution in [3.05, 3.63) is 35.9 Å². The summed E-state index contributed by atoms with van der Waals surface area (Å²) in [5.41, 5.74) is 1.18. The van der Waals surface area contributed by atoms with Gasteiger partial charge in [-0.3, -0.25) is 0 Å². The predicted octanol–water partition coefficient (Wildman–Crippen LogP) is 1.17. The SMILES string of the molecule is COC(=O)[C@@H]1O[C@@H]1Cc1ccccc1. The van der Waals surface area contributed by atoms with Gasteiger partial charge in [0.15, 0.2) is 6.10 Å². The van der Waals surface area contributed by atoms with Crippen LogP contribution in [0.15, 0.2) is 30.3 Å². The number of methoxy groups -OCH3 is 1. The summed E-state index contributed by atoms with van der Waals surface area (Å²) < 4.78 is 9.78. The van der Waals surface area contributed by atoms with Crippen molar-refractivity contribution in [2.24, 2.45) is 0 Å². The number of hydrogen-bond donors (Lipinski definition) is 0. The molecule has 1 aromatic carbocycles. The zero-order chi connectivity index (χ0) is 9.97. The molecule has 1 aromatic rings. The van der Waals surface area contributed by atoms with Crippen LogP contribution in [-0.2, 0) is 20.7 Å². The van der Waals surface area contributed by atoms with Crippen LogP contribution in [0.25, 0.3) is 0 Å². The average molecular weight is 192 g/mol. The van der Waals surface area contributed by atoms with Gasteiger partial charge in [0.2, 0.25) is 0 Å². The summed E-state index contributed by atoms with van der Waals surface area (Å²) in [6, 6.07) is 9.97. The second-order valence-corrected chi connectivity index (χ2v) is 3.31. The Morgan fingerprint density at radius 1 is 1.43 bits per heavy atom. The van der Waals surface area contributed by atoms with Crippen LogP contribution in [0.1, 0.15) is 5.56 Å². The Morgan fingerprint density at radius 3 is 2.79 bits per heavy atom. The van der Waals surface area contributed by atoms with Crippen molar-refractivity contribution in [3.8, 4) is 0 Å². The van der Waals surface area contributed by atoms with Gasteiger partial charge in [-0.2, -0.15) is 0 Å². The quantitative estimate of drug-likeness (QED) is 0.533. The van der Waals surface area contributed by atoms with Gasteiger partial charge in [-0.25, -0.2) is 4.79 Å². The van der Waals surface area contributed by atoms with Gasteiger partial charge in [-0.1, -0.05) is 30.3 Å². The number of carbonyl (C=O) groups is 1. The van der Waals surface area contributed by atoms with Crippen LogP contribution in [-0.4, -0.2) is 25.3 Å². The third-order valence-electron chi connectivity index (χ3n) is 2.30. The number of carbonyl (C=O) groups excluding carboxylic acids is 1. The molecule has 0 N–H and O–H groups in total. The Bertz CT molecular complexity index is 321. The van der Waals surface area contributed by atoms with Gasteiger partial charge in [0.25, 0.3) is 0 Å². The maximum absolute atomic E-state index is 11.0. The summed E-state index contributed by atoms with van der Waals surface area (Å²) in [5, 5.41) is 0. The molecule has 0 aromatic heterocycles. The van der Waals surface area contributed by atoms with E-state index in [9.17, 15) is 4.79 Å². The number of hydrogen-bond acceptors (Lipinski definition) is 3. The van der Waals surface area contributed by atoms with E-state index in [2.05, 4.69) is 4.74 Å². The molecule has 0 radical (unpaired) electrons. The fourth-order valence-corrected chi connectivity index (χ4v) is 1.47. The highest BCUT2D eigenvalue weighted by Crippen LogP contribution is 2.26. The minimum atomic E-state index is -0.347. The van der Waals surface area contributed by atoms with E-state index in [4.69, 9.17) is 4.74 Å². The minimum Gasteiger partial charge on any atom is -0.467 e. The molecule has 1 fully saturated rings. The van der Waals surface area contributed by atoms with E-state index in [1.807, 2.05) is 30.3 Å². The molecule has 2 atom stereocenters. The van der Waals surface area contributed by atoms with Crippen molar-refractivity contribution in [2.45, 2.75) is 18.6 Å². The molecule has 3 nitrogen and oxygen atoms in total. The monoisotopic (exact) mass is 192 g/mol. The number of benzene rings is 1. The molecule has 0 amide bonds. The van der Waals surface area contributed by atoms with E-state index in [-0.39, 0.29) is 18.2 Å². The van der Waals surface area contributed by atoms with Crippen LogP contribution in [0.3, 0.4) is 0 Å². The van der Waals surface area contributed by atoms with E-state index in [0.717, 1.165) is 6.42 Å². The summed E-state index contributed by atoms with van der Waals surface area (Å²) >= 11 is 0. The summed E-state index contributed by atoms with van der Waals surface area (Å²) in [6.07, 6.45) is 0.436. The minimum absolute atomic E-state index is 0.00449. The van der Waals surface area contributed by atoms with Crippen LogP contribution in [0, 0.1) is 0 Å². The number of epoxide rings is 1. The van der Waals surface area contributed by atoms with Gasteiger partial charge in [0.05, 0.1) is 13.2 Å². The summed E-state index contributed by atoms with van der Waals surface area (Å²) in [7, 11) is 1.38. The summed E-state index contributed by atoms with van der Waals surface area (Å²) in [5.74, 6) is -0.272. The highest BCUT2D eigenvalue weighted by molar-refractivity contribution is 5.77. The standard InChI is InChI=1S/C11H12O3/c1-13-11(12)10-9(14-10)7-8-5-3-2-4-6-8/h2-6,9-10H,7H2,1H3/t9-,10-/m1/s1. The van der Waals surface area contributed by atoms with E-state index >= 15 is 0 Å². The highest BCUT2D eigenvalue weighted by atomic mass is 16.6. The lowest BCUT2D eigenvalue weighted by molar-refractivity contribution is -0.142. The van der Waals surface area contributed by atoms with Gasteiger partial charge in [0, 0.05) is 6.42 Å². The lowest BCUT2D eigenvalue weighted by Crippen LogP contribution is -2.12. The number of esters is 1. The topological polar surface area (TPSA) is 38.8 Å². The van der Waals surface area contributed by atoms with Crippen molar-refractivity contribution in [1.29, 1.82) is 0 Å². The molecule has 14 heavy (non-hydrogen) atoms. The van der Waals surface area contributed by atoms with Crippen LogP contribution >= 0.6 is 0 Å². The molecule has 3 heteroatoms. The lowest BCUT2D eigenvalue weighted by Gasteiger charge is -1.96. The van der Waals surface area contributed by atoms with Crippen molar-refractivity contribution in [1.82, 2.24) is 0 Å². The largest absolute Gasteiger partial charge is 0.467 e. The fourth-order valence-electron chi connectivity index (χ4n) is 1.47. The van der Waals surface area contributed by atoms with Gasteiger partial charge in [-0.05, 0) is 5.56 Å². The first-order valence-corrected chi connectivity index (χ1v) is 4.58. The molecule has 0 unspecified atom stereocenters. The first-order valence-electron chi connectivity index (χ1n) is 4.58. The summed E-state index contributed by atoms with van der Waals surface area (Å²) in [4.78, 5) is 11.0. The molecular weight excluding hydrogens is 180 g/mol. The van der Waals surface area contributed by atoms with Crippen LogP contribution in [0.2, 0.25) is 0 Å². The average Bonchev–Trinajstić information content (AvgIpc) is 2.98. The highest BCUT2D eigenvalue weighted by Gasteiger charge is 2.45. The maximum Gasteiger partial charge on any atom is 0.337 e.